The van der Waals surface area contributed by atoms with E-state index >= 15 is 0 Å². The van der Waals surface area contributed by atoms with Gasteiger partial charge in [-0.15, -0.1) is 0 Å². The molecule has 0 heterocycles. The van der Waals surface area contributed by atoms with Crippen LogP contribution in [0.25, 0.3) is 0 Å². The summed E-state index contributed by atoms with van der Waals surface area (Å²) in [5, 5.41) is 9.69. The highest BCUT2D eigenvalue weighted by atomic mass is 32.2. The van der Waals surface area contributed by atoms with E-state index in [9.17, 15) is 5.26 Å². The van der Waals surface area contributed by atoms with Crippen LogP contribution in [0.5, 0.6) is 0 Å². The van der Waals surface area contributed by atoms with Crippen molar-refractivity contribution in [3.8, 4) is 6.07 Å². The van der Waals surface area contributed by atoms with E-state index in [4.69, 9.17) is 0 Å². The van der Waals surface area contributed by atoms with Gasteiger partial charge in [-0.05, 0) is 51.1 Å². The van der Waals surface area contributed by atoms with Crippen molar-refractivity contribution in [3.05, 3.63) is 35.9 Å². The average molecular weight is 262 g/mol. The Morgan fingerprint density at radius 3 is 2.39 bits per heavy atom. The van der Waals surface area contributed by atoms with Crippen LogP contribution < -0.4 is 0 Å². The zero-order chi connectivity index (χ0) is 13.4. The van der Waals surface area contributed by atoms with Crippen molar-refractivity contribution in [3.63, 3.8) is 0 Å². The van der Waals surface area contributed by atoms with Crippen LogP contribution >= 0.6 is 11.8 Å². The van der Waals surface area contributed by atoms with Gasteiger partial charge in [0.15, 0.2) is 0 Å². The van der Waals surface area contributed by atoms with Crippen LogP contribution in [-0.2, 0) is 5.41 Å². The summed E-state index contributed by atoms with van der Waals surface area (Å²) in [5.41, 5.74) is 0.817. The molecule has 0 spiro atoms. The molecule has 0 bridgehead atoms. The Bertz CT molecular complexity index is 383. The zero-order valence-electron chi connectivity index (χ0n) is 11.5. The van der Waals surface area contributed by atoms with E-state index in [1.54, 1.807) is 0 Å². The lowest BCUT2D eigenvalue weighted by Gasteiger charge is -2.28. The van der Waals surface area contributed by atoms with Crippen molar-refractivity contribution in [2.45, 2.75) is 18.3 Å². The summed E-state index contributed by atoms with van der Waals surface area (Å²) >= 11 is 1.81. The van der Waals surface area contributed by atoms with E-state index in [-0.39, 0.29) is 5.41 Å². The van der Waals surface area contributed by atoms with Crippen LogP contribution in [-0.4, -0.2) is 37.5 Å². The van der Waals surface area contributed by atoms with Gasteiger partial charge in [-0.1, -0.05) is 30.3 Å². The first-order chi connectivity index (χ1) is 8.64. The lowest BCUT2D eigenvalue weighted by atomic mass is 9.76. The Labute approximate surface area is 115 Å². The van der Waals surface area contributed by atoms with Crippen molar-refractivity contribution in [2.75, 3.05) is 32.6 Å². The van der Waals surface area contributed by atoms with E-state index in [2.05, 4.69) is 43.5 Å². The monoisotopic (exact) mass is 262 g/mol. The minimum Gasteiger partial charge on any atom is -0.309 e. The summed E-state index contributed by atoms with van der Waals surface area (Å²) in [5.74, 6) is 1.02. The molecular weight excluding hydrogens is 240 g/mol. The highest BCUT2D eigenvalue weighted by molar-refractivity contribution is 7.98. The molecule has 0 unspecified atom stereocenters. The first-order valence-electron chi connectivity index (χ1n) is 6.25. The largest absolute Gasteiger partial charge is 0.309 e. The molecule has 1 rings (SSSR count). The number of rotatable bonds is 7. The maximum absolute atomic E-state index is 9.69. The number of nitrogens with zero attached hydrogens (tertiary/aromatic N) is 2. The maximum atomic E-state index is 9.69. The number of benzene rings is 1. The minimum absolute atomic E-state index is 0.339. The third kappa shape index (κ3) is 4.04. The predicted octanol–water partition coefficient (Wildman–Crippen LogP) is 3.15. The molecule has 1 aromatic rings. The van der Waals surface area contributed by atoms with E-state index < -0.39 is 0 Å². The average Bonchev–Trinajstić information content (AvgIpc) is 2.40. The summed E-state index contributed by atoms with van der Waals surface area (Å²) in [4.78, 5) is 2.15. The van der Waals surface area contributed by atoms with Gasteiger partial charge in [0.1, 0.15) is 0 Å². The molecule has 1 atom stereocenters. The number of hydrogen-bond acceptors (Lipinski definition) is 3. The molecule has 0 aromatic heterocycles. The van der Waals surface area contributed by atoms with Gasteiger partial charge >= 0.3 is 0 Å². The van der Waals surface area contributed by atoms with Crippen molar-refractivity contribution in [1.82, 2.24) is 4.90 Å². The van der Waals surface area contributed by atoms with Crippen LogP contribution in [0.1, 0.15) is 18.4 Å². The van der Waals surface area contributed by atoms with Crippen molar-refractivity contribution < 1.29 is 0 Å². The summed E-state index contributed by atoms with van der Waals surface area (Å²) in [6, 6.07) is 12.8. The molecular formula is C15H22N2S. The summed E-state index contributed by atoms with van der Waals surface area (Å²) in [6.45, 7) is 0.941. The molecule has 0 aliphatic rings. The van der Waals surface area contributed by atoms with Crippen molar-refractivity contribution in [1.29, 1.82) is 5.26 Å². The van der Waals surface area contributed by atoms with Crippen LogP contribution in [0, 0.1) is 11.3 Å². The molecule has 0 aliphatic heterocycles. The zero-order valence-corrected chi connectivity index (χ0v) is 12.3. The smallest absolute Gasteiger partial charge is 0.0842 e. The summed E-state index contributed by atoms with van der Waals surface area (Å²) in [7, 11) is 4.11. The standard InChI is InChI=1S/C15H22N2S/c1-17(2)11-9-15(13-16,10-12-18-3)14-7-5-4-6-8-14/h4-8H,9-12H2,1-3H3/t15-/m1/s1. The van der Waals surface area contributed by atoms with Gasteiger partial charge in [0, 0.05) is 0 Å². The topological polar surface area (TPSA) is 27.0 Å². The Hall–Kier alpha value is -0.980. The fourth-order valence-electron chi connectivity index (χ4n) is 2.04. The highest BCUT2D eigenvalue weighted by Crippen LogP contribution is 2.32. The number of thioether (sulfide) groups is 1. The minimum atomic E-state index is -0.339. The first-order valence-corrected chi connectivity index (χ1v) is 7.64. The third-order valence-electron chi connectivity index (χ3n) is 3.26. The molecule has 1 aromatic carbocycles. The molecule has 3 heteroatoms. The second-order valence-electron chi connectivity index (χ2n) is 4.86. The fourth-order valence-corrected chi connectivity index (χ4v) is 2.59. The number of hydrogen-bond donors (Lipinski definition) is 0. The molecule has 0 radical (unpaired) electrons. The second kappa shape index (κ2) is 7.45. The van der Waals surface area contributed by atoms with Gasteiger partial charge < -0.3 is 4.90 Å². The molecule has 0 saturated carbocycles. The van der Waals surface area contributed by atoms with Crippen LogP contribution in [0.15, 0.2) is 30.3 Å². The van der Waals surface area contributed by atoms with E-state index in [0.717, 1.165) is 30.7 Å². The van der Waals surface area contributed by atoms with Crippen LogP contribution in [0.2, 0.25) is 0 Å². The molecule has 0 fully saturated rings. The lowest BCUT2D eigenvalue weighted by molar-refractivity contribution is 0.348. The van der Waals surface area contributed by atoms with E-state index in [0.29, 0.717) is 0 Å². The molecule has 0 saturated heterocycles. The second-order valence-corrected chi connectivity index (χ2v) is 5.84. The van der Waals surface area contributed by atoms with E-state index in [1.807, 2.05) is 30.0 Å². The van der Waals surface area contributed by atoms with Gasteiger partial charge in [0.2, 0.25) is 0 Å². The fraction of sp³-hybridized carbons (Fsp3) is 0.533. The Balaban J connectivity index is 2.95. The van der Waals surface area contributed by atoms with Gasteiger partial charge in [0.05, 0.1) is 11.5 Å². The molecule has 18 heavy (non-hydrogen) atoms. The quantitative estimate of drug-likeness (QED) is 0.755. The maximum Gasteiger partial charge on any atom is 0.0842 e. The van der Waals surface area contributed by atoms with Crippen molar-refractivity contribution >= 4 is 11.8 Å². The summed E-state index contributed by atoms with van der Waals surface area (Å²) < 4.78 is 0. The molecule has 98 valence electrons. The first kappa shape index (κ1) is 15.1. The Kier molecular flexibility index (Phi) is 6.24. The lowest BCUT2D eigenvalue weighted by Crippen LogP contribution is -2.30. The van der Waals surface area contributed by atoms with E-state index in [1.165, 1.54) is 0 Å². The van der Waals surface area contributed by atoms with Crippen molar-refractivity contribution in [2.24, 2.45) is 0 Å². The molecule has 2 nitrogen and oxygen atoms in total. The van der Waals surface area contributed by atoms with Gasteiger partial charge in [-0.3, -0.25) is 0 Å². The number of nitriles is 1. The molecule has 0 N–H and O–H groups in total. The van der Waals surface area contributed by atoms with Crippen LogP contribution in [0.3, 0.4) is 0 Å². The van der Waals surface area contributed by atoms with Gasteiger partial charge in [-0.25, -0.2) is 0 Å². The van der Waals surface area contributed by atoms with Gasteiger partial charge in [0.25, 0.3) is 0 Å². The Morgan fingerprint density at radius 2 is 1.89 bits per heavy atom. The highest BCUT2D eigenvalue weighted by Gasteiger charge is 2.31. The SMILES string of the molecule is CSCC[C@@](C#N)(CCN(C)C)c1ccccc1. The van der Waals surface area contributed by atoms with Gasteiger partial charge in [-0.2, -0.15) is 17.0 Å². The summed E-state index contributed by atoms with van der Waals surface area (Å²) in [6.07, 6.45) is 3.91. The molecule has 0 amide bonds. The normalized spacial score (nSPS) is 14.2. The Morgan fingerprint density at radius 1 is 1.22 bits per heavy atom. The van der Waals surface area contributed by atoms with Crippen LogP contribution in [0.4, 0.5) is 0 Å². The molecule has 0 aliphatic carbocycles. The third-order valence-corrected chi connectivity index (χ3v) is 3.87. The predicted molar refractivity (Wildman–Crippen MR) is 79.9 cm³/mol.